The van der Waals surface area contributed by atoms with E-state index in [1.54, 1.807) is 36.4 Å². The summed E-state index contributed by atoms with van der Waals surface area (Å²) in [5.41, 5.74) is 10.2. The van der Waals surface area contributed by atoms with Crippen LogP contribution < -0.4 is 10.2 Å². The molecule has 2 aromatic rings. The number of carbonyl (C=O) groups is 2. The van der Waals surface area contributed by atoms with E-state index in [0.717, 1.165) is 0 Å². The summed E-state index contributed by atoms with van der Waals surface area (Å²) >= 11 is 0. The van der Waals surface area contributed by atoms with E-state index < -0.39 is 29.2 Å². The minimum atomic E-state index is -1.06. The van der Waals surface area contributed by atoms with Gasteiger partial charge < -0.3 is 10.2 Å². The highest BCUT2D eigenvalue weighted by Gasteiger charge is 2.37. The molecule has 30 heavy (non-hydrogen) atoms. The molecule has 2 atom stereocenters. The smallest absolute Gasteiger partial charge is 0.240 e. The molecule has 1 heterocycles. The summed E-state index contributed by atoms with van der Waals surface area (Å²) in [4.78, 5) is 30.0. The van der Waals surface area contributed by atoms with Gasteiger partial charge in [0, 0.05) is 22.1 Å². The van der Waals surface area contributed by atoms with E-state index in [-0.39, 0.29) is 18.9 Å². The number of rotatable bonds is 4. The van der Waals surface area contributed by atoms with E-state index in [2.05, 4.69) is 15.3 Å². The zero-order valence-electron chi connectivity index (χ0n) is 17.2. The van der Waals surface area contributed by atoms with Crippen molar-refractivity contribution in [1.82, 2.24) is 5.32 Å². The number of hydrogen-bond acceptors (Lipinski definition) is 3. The normalized spacial score (nSPS) is 18.8. The van der Waals surface area contributed by atoms with Crippen molar-refractivity contribution in [3.63, 3.8) is 0 Å². The van der Waals surface area contributed by atoms with Gasteiger partial charge in [0.15, 0.2) is 0 Å². The van der Waals surface area contributed by atoms with Crippen molar-refractivity contribution in [2.45, 2.75) is 44.7 Å². The lowest BCUT2D eigenvalue weighted by molar-refractivity contribution is -0.125. The van der Waals surface area contributed by atoms with Crippen LogP contribution >= 0.6 is 0 Å². The molecule has 0 spiro atoms. The molecule has 1 N–H and O–H groups in total. The Bertz CT molecular complexity index is 1010. The van der Waals surface area contributed by atoms with Crippen molar-refractivity contribution < 1.29 is 14.0 Å². The summed E-state index contributed by atoms with van der Waals surface area (Å²) in [6.45, 7) is 5.31. The van der Waals surface area contributed by atoms with Gasteiger partial charge in [0.2, 0.25) is 11.8 Å². The topological polar surface area (TPSA) is 98.2 Å². The van der Waals surface area contributed by atoms with Gasteiger partial charge in [-0.3, -0.25) is 9.59 Å². The van der Waals surface area contributed by atoms with Gasteiger partial charge in [0.1, 0.15) is 18.4 Å². The Kier molecular flexibility index (Phi) is 6.08. The zero-order valence-corrected chi connectivity index (χ0v) is 17.2. The number of benzene rings is 2. The van der Waals surface area contributed by atoms with Crippen molar-refractivity contribution >= 4 is 17.5 Å². The number of anilines is 1. The average molecular weight is 409 g/mol. The molecule has 1 aliphatic heterocycles. The van der Waals surface area contributed by atoms with Gasteiger partial charge in [-0.25, -0.2) is 4.39 Å². The van der Waals surface area contributed by atoms with Crippen LogP contribution in [0.5, 0.6) is 0 Å². The number of amides is 2. The second kappa shape index (κ2) is 8.55. The minimum Gasteiger partial charge on any atom is -0.350 e. The summed E-state index contributed by atoms with van der Waals surface area (Å²) in [5.74, 6) is -1.72. The number of para-hydroxylation sites is 1. The number of azide groups is 1. The first kappa shape index (κ1) is 21.3. The SMILES string of the molecule is CC(C)(C)NC(=O)CN1C(=O)C(N=[N+]=[N-])CC(c2ccccc2F)c2ccccc21. The number of carbonyl (C=O) groups excluding carboxylic acids is 2. The molecule has 0 aliphatic carbocycles. The Balaban J connectivity index is 2.11. The Hall–Kier alpha value is -3.38. The van der Waals surface area contributed by atoms with Crippen molar-refractivity contribution in [1.29, 1.82) is 0 Å². The van der Waals surface area contributed by atoms with Crippen molar-refractivity contribution in [2.75, 3.05) is 11.4 Å². The first-order chi connectivity index (χ1) is 14.2. The van der Waals surface area contributed by atoms with Crippen molar-refractivity contribution in [3.8, 4) is 0 Å². The number of nitrogens with zero attached hydrogens (tertiary/aromatic N) is 4. The average Bonchev–Trinajstić information content (AvgIpc) is 2.78. The molecular weight excluding hydrogens is 385 g/mol. The Morgan fingerprint density at radius 1 is 1.20 bits per heavy atom. The van der Waals surface area contributed by atoms with Crippen molar-refractivity contribution in [2.24, 2.45) is 5.11 Å². The highest BCUT2D eigenvalue weighted by atomic mass is 19.1. The molecule has 0 aromatic heterocycles. The van der Waals surface area contributed by atoms with Crippen LogP contribution in [0.3, 0.4) is 0 Å². The number of hydrogen-bond donors (Lipinski definition) is 1. The molecule has 156 valence electrons. The third-order valence-corrected chi connectivity index (χ3v) is 4.90. The highest BCUT2D eigenvalue weighted by molar-refractivity contribution is 6.03. The summed E-state index contributed by atoms with van der Waals surface area (Å²) in [7, 11) is 0. The molecule has 0 fully saturated rings. The number of fused-ring (bicyclic) bond motifs is 1. The summed E-state index contributed by atoms with van der Waals surface area (Å²) < 4.78 is 14.6. The highest BCUT2D eigenvalue weighted by Crippen LogP contribution is 2.40. The molecule has 8 heteroatoms. The number of nitrogens with one attached hydrogen (secondary N) is 1. The van der Waals surface area contributed by atoms with Crippen LogP contribution in [-0.4, -0.2) is 29.9 Å². The predicted molar refractivity (Wildman–Crippen MR) is 112 cm³/mol. The molecule has 2 unspecified atom stereocenters. The molecular formula is C22H24FN5O2. The van der Waals surface area contributed by atoms with Crippen LogP contribution in [0.4, 0.5) is 10.1 Å². The quantitative estimate of drug-likeness (QED) is 0.463. The molecule has 0 saturated carbocycles. The summed E-state index contributed by atoms with van der Waals surface area (Å²) in [6.07, 6.45) is 0.109. The zero-order chi connectivity index (χ0) is 21.9. The first-order valence-corrected chi connectivity index (χ1v) is 9.71. The molecule has 0 saturated heterocycles. The van der Waals surface area contributed by atoms with Gasteiger partial charge in [0.25, 0.3) is 0 Å². The lowest BCUT2D eigenvalue weighted by atomic mass is 9.86. The maximum atomic E-state index is 14.6. The molecule has 2 amide bonds. The monoisotopic (exact) mass is 409 g/mol. The fraction of sp³-hybridized carbons (Fsp3) is 0.364. The van der Waals surface area contributed by atoms with E-state index >= 15 is 0 Å². The fourth-order valence-corrected chi connectivity index (χ4v) is 3.75. The lowest BCUT2D eigenvalue weighted by Crippen LogP contribution is -2.49. The van der Waals surface area contributed by atoms with Gasteiger partial charge in [-0.05, 0) is 56.0 Å². The van der Waals surface area contributed by atoms with Gasteiger partial charge in [0.05, 0.1) is 0 Å². The van der Waals surface area contributed by atoms with Crippen LogP contribution in [0.25, 0.3) is 10.4 Å². The third-order valence-electron chi connectivity index (χ3n) is 4.90. The van der Waals surface area contributed by atoms with E-state index in [0.29, 0.717) is 16.8 Å². The largest absolute Gasteiger partial charge is 0.350 e. The summed E-state index contributed by atoms with van der Waals surface area (Å²) in [5, 5.41) is 6.52. The van der Waals surface area contributed by atoms with Crippen LogP contribution in [0.1, 0.15) is 44.2 Å². The van der Waals surface area contributed by atoms with Crippen LogP contribution in [0.15, 0.2) is 53.6 Å². The van der Waals surface area contributed by atoms with E-state index in [9.17, 15) is 14.0 Å². The minimum absolute atomic E-state index is 0.109. The Labute approximate surface area is 174 Å². The second-order valence-electron chi connectivity index (χ2n) is 8.31. The van der Waals surface area contributed by atoms with E-state index in [1.807, 2.05) is 26.8 Å². The first-order valence-electron chi connectivity index (χ1n) is 9.71. The number of halogens is 1. The fourth-order valence-electron chi connectivity index (χ4n) is 3.75. The van der Waals surface area contributed by atoms with Crippen LogP contribution in [-0.2, 0) is 9.59 Å². The molecule has 2 aromatic carbocycles. The van der Waals surface area contributed by atoms with E-state index in [1.165, 1.54) is 11.0 Å². The van der Waals surface area contributed by atoms with Gasteiger partial charge in [-0.2, -0.15) is 0 Å². The Morgan fingerprint density at radius 3 is 2.47 bits per heavy atom. The van der Waals surface area contributed by atoms with Crippen molar-refractivity contribution in [3.05, 3.63) is 75.9 Å². The van der Waals surface area contributed by atoms with Gasteiger partial charge in [-0.1, -0.05) is 41.5 Å². The van der Waals surface area contributed by atoms with Gasteiger partial charge in [-0.15, -0.1) is 0 Å². The lowest BCUT2D eigenvalue weighted by Gasteiger charge is -2.27. The summed E-state index contributed by atoms with van der Waals surface area (Å²) in [6, 6.07) is 12.4. The molecule has 3 rings (SSSR count). The Morgan fingerprint density at radius 2 is 1.83 bits per heavy atom. The predicted octanol–water partition coefficient (Wildman–Crippen LogP) is 4.29. The van der Waals surface area contributed by atoms with Crippen LogP contribution in [0.2, 0.25) is 0 Å². The standard InChI is InChI=1S/C22H24FN5O2/c1-22(2,3)25-20(29)13-28-19-11-7-5-9-15(19)16(12-18(21(28)30)26-27-24)14-8-4-6-10-17(14)23/h4-11,16,18H,12-13H2,1-3H3,(H,25,29). The van der Waals surface area contributed by atoms with Crippen LogP contribution in [0, 0.1) is 5.82 Å². The second-order valence-corrected chi connectivity index (χ2v) is 8.31. The molecule has 0 radical (unpaired) electrons. The third kappa shape index (κ3) is 4.60. The molecule has 7 nitrogen and oxygen atoms in total. The van der Waals surface area contributed by atoms with Gasteiger partial charge >= 0.3 is 0 Å². The van der Waals surface area contributed by atoms with E-state index in [4.69, 9.17) is 5.53 Å². The maximum Gasteiger partial charge on any atom is 0.240 e. The maximum absolute atomic E-state index is 14.6. The molecule has 1 aliphatic rings. The molecule has 0 bridgehead atoms.